The molecule has 1 aromatic carbocycles. The van der Waals surface area contributed by atoms with Gasteiger partial charge in [-0.25, -0.2) is 0 Å². The van der Waals surface area contributed by atoms with Crippen LogP contribution in [-0.4, -0.2) is 17.3 Å². The zero-order valence-electron chi connectivity index (χ0n) is 9.38. The van der Waals surface area contributed by atoms with Crippen molar-refractivity contribution in [3.8, 4) is 0 Å². The molecular weight excluding hydrogens is 249 g/mol. The lowest BCUT2D eigenvalue weighted by molar-refractivity contribution is -0.137. The van der Waals surface area contributed by atoms with Gasteiger partial charge in [0.05, 0.1) is 11.3 Å². The summed E-state index contributed by atoms with van der Waals surface area (Å²) in [6.45, 7) is 2.01. The van der Waals surface area contributed by atoms with Crippen molar-refractivity contribution in [2.75, 3.05) is 11.5 Å². The molecule has 17 heavy (non-hydrogen) atoms. The molecule has 0 saturated carbocycles. The van der Waals surface area contributed by atoms with Gasteiger partial charge in [0.2, 0.25) is 0 Å². The molecule has 0 radical (unpaired) electrons. The summed E-state index contributed by atoms with van der Waals surface area (Å²) in [5.41, 5.74) is -0.392. The Kier molecular flexibility index (Phi) is 5.05. The second-order valence-corrected chi connectivity index (χ2v) is 4.66. The maximum atomic E-state index is 12.3. The molecular formula is C12H13F3OS. The number of benzene rings is 1. The number of thioether (sulfide) groups is 1. The largest absolute Gasteiger partial charge is 0.416 e. The van der Waals surface area contributed by atoms with E-state index in [0.29, 0.717) is 11.3 Å². The topological polar surface area (TPSA) is 17.1 Å². The Morgan fingerprint density at radius 1 is 1.24 bits per heavy atom. The van der Waals surface area contributed by atoms with Gasteiger partial charge in [0.15, 0.2) is 5.78 Å². The molecule has 0 aromatic heterocycles. The van der Waals surface area contributed by atoms with Crippen molar-refractivity contribution in [1.29, 1.82) is 0 Å². The minimum atomic E-state index is -4.35. The summed E-state index contributed by atoms with van der Waals surface area (Å²) < 4.78 is 36.8. The highest BCUT2D eigenvalue weighted by atomic mass is 32.2. The Morgan fingerprint density at radius 3 is 2.29 bits per heavy atom. The lowest BCUT2D eigenvalue weighted by Crippen LogP contribution is -2.07. The number of halogens is 3. The third-order valence-electron chi connectivity index (χ3n) is 2.12. The average Bonchev–Trinajstić information content (AvgIpc) is 2.28. The van der Waals surface area contributed by atoms with Crippen LogP contribution in [-0.2, 0) is 6.18 Å². The van der Waals surface area contributed by atoms with Crippen LogP contribution in [0.3, 0.4) is 0 Å². The molecule has 0 amide bonds. The standard InChI is InChI=1S/C12H13F3OS/c1-2-7-17-8-11(16)9-3-5-10(6-4-9)12(13,14)15/h3-6H,2,7-8H2,1H3. The first-order valence-corrected chi connectivity index (χ1v) is 6.39. The first kappa shape index (κ1) is 14.1. The molecule has 0 saturated heterocycles. The normalized spacial score (nSPS) is 11.5. The van der Waals surface area contributed by atoms with Crippen molar-refractivity contribution >= 4 is 17.5 Å². The van der Waals surface area contributed by atoms with Gasteiger partial charge in [-0.2, -0.15) is 24.9 Å². The number of alkyl halides is 3. The summed E-state index contributed by atoms with van der Waals surface area (Å²) >= 11 is 1.49. The quantitative estimate of drug-likeness (QED) is 0.588. The van der Waals surface area contributed by atoms with Crippen molar-refractivity contribution < 1.29 is 18.0 Å². The first-order chi connectivity index (χ1) is 7.95. The maximum absolute atomic E-state index is 12.3. The van der Waals surface area contributed by atoms with Crippen LogP contribution in [0.25, 0.3) is 0 Å². The molecule has 0 heterocycles. The van der Waals surface area contributed by atoms with Crippen LogP contribution in [0, 0.1) is 0 Å². The number of Topliss-reactive ketones (excluding diaryl/α,β-unsaturated/α-hetero) is 1. The maximum Gasteiger partial charge on any atom is 0.416 e. The third kappa shape index (κ3) is 4.42. The van der Waals surface area contributed by atoms with Gasteiger partial charge in [0.1, 0.15) is 0 Å². The van der Waals surface area contributed by atoms with Gasteiger partial charge < -0.3 is 0 Å². The van der Waals surface area contributed by atoms with Crippen LogP contribution in [0.5, 0.6) is 0 Å². The predicted octanol–water partition coefficient (Wildman–Crippen LogP) is 4.03. The van der Waals surface area contributed by atoms with Crippen molar-refractivity contribution in [3.63, 3.8) is 0 Å². The highest BCUT2D eigenvalue weighted by molar-refractivity contribution is 7.99. The molecule has 1 aromatic rings. The Labute approximate surface area is 102 Å². The Balaban J connectivity index is 2.64. The fourth-order valence-electron chi connectivity index (χ4n) is 1.24. The minimum Gasteiger partial charge on any atom is -0.293 e. The van der Waals surface area contributed by atoms with E-state index in [2.05, 4.69) is 0 Å². The van der Waals surface area contributed by atoms with E-state index in [4.69, 9.17) is 0 Å². The summed E-state index contributed by atoms with van der Waals surface area (Å²) in [6.07, 6.45) is -3.37. The molecule has 0 spiro atoms. The van der Waals surface area contributed by atoms with Gasteiger partial charge in [-0.05, 0) is 24.3 Å². The van der Waals surface area contributed by atoms with Crippen molar-refractivity contribution in [1.82, 2.24) is 0 Å². The summed E-state index contributed by atoms with van der Waals surface area (Å²) in [5, 5.41) is 0. The zero-order chi connectivity index (χ0) is 12.9. The van der Waals surface area contributed by atoms with Crippen LogP contribution >= 0.6 is 11.8 Å². The molecule has 0 bridgehead atoms. The Morgan fingerprint density at radius 2 is 1.82 bits per heavy atom. The van der Waals surface area contributed by atoms with E-state index in [-0.39, 0.29) is 5.78 Å². The second-order valence-electron chi connectivity index (χ2n) is 3.55. The Bertz CT molecular complexity index is 370. The van der Waals surface area contributed by atoms with Crippen LogP contribution in [0.15, 0.2) is 24.3 Å². The van der Waals surface area contributed by atoms with E-state index in [9.17, 15) is 18.0 Å². The lowest BCUT2D eigenvalue weighted by atomic mass is 10.1. The van der Waals surface area contributed by atoms with Gasteiger partial charge in [0, 0.05) is 5.56 Å². The highest BCUT2D eigenvalue weighted by Crippen LogP contribution is 2.29. The van der Waals surface area contributed by atoms with Gasteiger partial charge in [-0.15, -0.1) is 0 Å². The number of carbonyl (C=O) groups excluding carboxylic acids is 1. The molecule has 5 heteroatoms. The van der Waals surface area contributed by atoms with E-state index in [0.717, 1.165) is 24.3 Å². The van der Waals surface area contributed by atoms with Gasteiger partial charge >= 0.3 is 6.18 Å². The fourth-order valence-corrected chi connectivity index (χ4v) is 2.02. The summed E-state index contributed by atoms with van der Waals surface area (Å²) in [7, 11) is 0. The van der Waals surface area contributed by atoms with Crippen LogP contribution in [0.4, 0.5) is 13.2 Å². The number of hydrogen-bond acceptors (Lipinski definition) is 2. The molecule has 1 nitrogen and oxygen atoms in total. The van der Waals surface area contributed by atoms with Crippen molar-refractivity contribution in [3.05, 3.63) is 35.4 Å². The van der Waals surface area contributed by atoms with E-state index in [1.807, 2.05) is 6.92 Å². The summed E-state index contributed by atoms with van der Waals surface area (Å²) in [5.74, 6) is 1.07. The van der Waals surface area contributed by atoms with E-state index in [1.165, 1.54) is 23.9 Å². The number of carbonyl (C=O) groups is 1. The predicted molar refractivity (Wildman–Crippen MR) is 63.4 cm³/mol. The first-order valence-electron chi connectivity index (χ1n) is 5.23. The molecule has 0 fully saturated rings. The molecule has 0 unspecified atom stereocenters. The monoisotopic (exact) mass is 262 g/mol. The molecule has 0 N–H and O–H groups in total. The van der Waals surface area contributed by atoms with E-state index in [1.54, 1.807) is 0 Å². The molecule has 0 atom stereocenters. The number of rotatable bonds is 5. The van der Waals surface area contributed by atoms with E-state index < -0.39 is 11.7 Å². The summed E-state index contributed by atoms with van der Waals surface area (Å²) in [4.78, 5) is 11.6. The van der Waals surface area contributed by atoms with Gasteiger partial charge in [-0.3, -0.25) is 4.79 Å². The van der Waals surface area contributed by atoms with E-state index >= 15 is 0 Å². The smallest absolute Gasteiger partial charge is 0.293 e. The molecule has 94 valence electrons. The van der Waals surface area contributed by atoms with Crippen LogP contribution in [0.2, 0.25) is 0 Å². The average molecular weight is 262 g/mol. The van der Waals surface area contributed by atoms with Crippen molar-refractivity contribution in [2.24, 2.45) is 0 Å². The summed E-state index contributed by atoms with van der Waals surface area (Å²) in [6, 6.07) is 4.35. The number of ketones is 1. The van der Waals surface area contributed by atoms with Gasteiger partial charge in [0.25, 0.3) is 0 Å². The lowest BCUT2D eigenvalue weighted by Gasteiger charge is -2.07. The highest BCUT2D eigenvalue weighted by Gasteiger charge is 2.30. The SMILES string of the molecule is CCCSCC(=O)c1ccc(C(F)(F)F)cc1. The van der Waals surface area contributed by atoms with Gasteiger partial charge in [-0.1, -0.05) is 19.1 Å². The zero-order valence-corrected chi connectivity index (χ0v) is 10.2. The molecule has 1 rings (SSSR count). The molecule has 0 aliphatic rings. The second kappa shape index (κ2) is 6.10. The Hall–Kier alpha value is -0.970. The number of hydrogen-bond donors (Lipinski definition) is 0. The van der Waals surface area contributed by atoms with Crippen LogP contribution < -0.4 is 0 Å². The molecule has 0 aliphatic carbocycles. The third-order valence-corrected chi connectivity index (χ3v) is 3.28. The fraction of sp³-hybridized carbons (Fsp3) is 0.417. The van der Waals surface area contributed by atoms with Crippen molar-refractivity contribution in [2.45, 2.75) is 19.5 Å². The minimum absolute atomic E-state index is 0.128. The van der Waals surface area contributed by atoms with Crippen LogP contribution in [0.1, 0.15) is 29.3 Å². The molecule has 0 aliphatic heterocycles.